The number of amides is 1. The minimum atomic E-state index is -0.880. The van der Waals surface area contributed by atoms with Crippen molar-refractivity contribution in [2.45, 2.75) is 6.04 Å². The number of para-hydroxylation sites is 1. The van der Waals surface area contributed by atoms with Crippen LogP contribution in [-0.2, 0) is 14.3 Å². The average molecular weight is 534 g/mol. The molecule has 0 saturated carbocycles. The Bertz CT molecular complexity index is 1390. The summed E-state index contributed by atoms with van der Waals surface area (Å²) >= 11 is 0. The standard InChI is InChI=1S/C30H29FN2O6/c1-37-25-11-10-21(19-24(25)31)28(34)26-27(20-6-5-9-23(18-20)39-22-7-3-2-4-8-22)33(30(36)29(26)35)13-12-32-14-16-38-17-15-32/h2-11,18-19,27,34H,12-17H2,1H3/p+1/t27-/m0/s1. The summed E-state index contributed by atoms with van der Waals surface area (Å²) in [5, 5.41) is 11.3. The molecule has 0 bridgehead atoms. The van der Waals surface area contributed by atoms with Crippen LogP contribution in [0.4, 0.5) is 4.39 Å². The maximum absolute atomic E-state index is 14.5. The number of nitrogens with zero attached hydrogens (tertiary/aromatic N) is 1. The van der Waals surface area contributed by atoms with Gasteiger partial charge in [-0.15, -0.1) is 0 Å². The van der Waals surface area contributed by atoms with E-state index in [1.807, 2.05) is 30.3 Å². The molecule has 2 saturated heterocycles. The molecule has 8 nitrogen and oxygen atoms in total. The lowest BCUT2D eigenvalue weighted by Gasteiger charge is -2.29. The molecule has 1 amide bonds. The van der Waals surface area contributed by atoms with Gasteiger partial charge in [0.05, 0.1) is 45.0 Å². The van der Waals surface area contributed by atoms with Gasteiger partial charge in [-0.1, -0.05) is 30.3 Å². The second-order valence-corrected chi connectivity index (χ2v) is 9.44. The Kier molecular flexibility index (Phi) is 7.90. The second kappa shape index (κ2) is 11.7. The van der Waals surface area contributed by atoms with Crippen LogP contribution in [0.2, 0.25) is 0 Å². The molecule has 0 radical (unpaired) electrons. The lowest BCUT2D eigenvalue weighted by atomic mass is 9.95. The molecule has 202 valence electrons. The van der Waals surface area contributed by atoms with Gasteiger partial charge in [0.25, 0.3) is 11.7 Å². The number of carbonyl (C=O) groups is 2. The molecule has 0 aliphatic carbocycles. The largest absolute Gasteiger partial charge is 0.507 e. The molecule has 2 aliphatic heterocycles. The van der Waals surface area contributed by atoms with Crippen LogP contribution in [0.15, 0.2) is 78.4 Å². The van der Waals surface area contributed by atoms with Gasteiger partial charge < -0.3 is 29.1 Å². The first-order valence-corrected chi connectivity index (χ1v) is 12.8. The molecular formula is C30H30FN2O6+. The van der Waals surface area contributed by atoms with Gasteiger partial charge in [0, 0.05) is 5.56 Å². The number of aliphatic hydroxyl groups excluding tert-OH is 1. The Labute approximate surface area is 225 Å². The van der Waals surface area contributed by atoms with Crippen LogP contribution >= 0.6 is 0 Å². The zero-order chi connectivity index (χ0) is 27.4. The van der Waals surface area contributed by atoms with Crippen molar-refractivity contribution in [3.63, 3.8) is 0 Å². The summed E-state index contributed by atoms with van der Waals surface area (Å²) in [5.74, 6) is -1.52. The number of ether oxygens (including phenoxy) is 3. The van der Waals surface area contributed by atoms with Crippen molar-refractivity contribution in [3.8, 4) is 17.2 Å². The SMILES string of the molecule is COc1ccc(C(O)=C2C(=O)C(=O)N(CC[NH+]3CCOCC3)[C@H]2c2cccc(Oc3ccccc3)c2)cc1F. The molecule has 9 heteroatoms. The maximum Gasteiger partial charge on any atom is 0.295 e. The highest BCUT2D eigenvalue weighted by molar-refractivity contribution is 6.46. The fraction of sp³-hybridized carbons (Fsp3) is 0.267. The smallest absolute Gasteiger partial charge is 0.295 e. The number of Topliss-reactive ketones (excluding diaryl/α,β-unsaturated/α-hetero) is 1. The summed E-state index contributed by atoms with van der Waals surface area (Å²) in [7, 11) is 1.34. The number of quaternary nitrogens is 1. The third-order valence-corrected chi connectivity index (χ3v) is 7.02. The van der Waals surface area contributed by atoms with E-state index >= 15 is 0 Å². The summed E-state index contributed by atoms with van der Waals surface area (Å²) in [5.41, 5.74) is 0.570. The molecule has 2 fully saturated rings. The minimum absolute atomic E-state index is 0.00259. The second-order valence-electron chi connectivity index (χ2n) is 9.44. The van der Waals surface area contributed by atoms with Gasteiger partial charge >= 0.3 is 0 Å². The number of likely N-dealkylation sites (tertiary alicyclic amines) is 1. The predicted molar refractivity (Wildman–Crippen MR) is 141 cm³/mol. The van der Waals surface area contributed by atoms with Crippen LogP contribution in [-0.4, -0.2) is 68.2 Å². The lowest BCUT2D eigenvalue weighted by molar-refractivity contribution is -0.907. The molecule has 5 rings (SSSR count). The van der Waals surface area contributed by atoms with Crippen molar-refractivity contribution in [1.29, 1.82) is 0 Å². The number of rotatable bonds is 8. The zero-order valence-corrected chi connectivity index (χ0v) is 21.6. The molecule has 39 heavy (non-hydrogen) atoms. The third-order valence-electron chi connectivity index (χ3n) is 7.02. The van der Waals surface area contributed by atoms with Crippen molar-refractivity contribution in [3.05, 3.63) is 95.3 Å². The number of ketones is 1. The summed E-state index contributed by atoms with van der Waals surface area (Å²) in [6.07, 6.45) is 0. The van der Waals surface area contributed by atoms with Crippen LogP contribution in [0, 0.1) is 5.82 Å². The molecule has 1 atom stereocenters. The van der Waals surface area contributed by atoms with Gasteiger partial charge in [-0.3, -0.25) is 9.59 Å². The normalized spacial score (nSPS) is 19.3. The van der Waals surface area contributed by atoms with Crippen molar-refractivity contribution in [2.24, 2.45) is 0 Å². The molecule has 3 aromatic rings. The molecule has 2 heterocycles. The van der Waals surface area contributed by atoms with E-state index in [1.165, 1.54) is 29.0 Å². The van der Waals surface area contributed by atoms with Gasteiger partial charge in [0.15, 0.2) is 11.6 Å². The summed E-state index contributed by atoms with van der Waals surface area (Å²) < 4.78 is 30.9. The molecule has 2 aliphatic rings. The topological polar surface area (TPSA) is 89.7 Å². The lowest BCUT2D eigenvalue weighted by Crippen LogP contribution is -3.14. The number of hydrogen-bond donors (Lipinski definition) is 2. The van der Waals surface area contributed by atoms with Gasteiger partial charge in [0.2, 0.25) is 0 Å². The maximum atomic E-state index is 14.5. The van der Waals surface area contributed by atoms with E-state index in [4.69, 9.17) is 14.2 Å². The van der Waals surface area contributed by atoms with Crippen LogP contribution in [0.1, 0.15) is 17.2 Å². The molecule has 0 unspecified atom stereocenters. The number of morpholine rings is 1. The van der Waals surface area contributed by atoms with Crippen LogP contribution in [0.3, 0.4) is 0 Å². The van der Waals surface area contributed by atoms with Crippen molar-refractivity contribution >= 4 is 17.4 Å². The van der Waals surface area contributed by atoms with Gasteiger partial charge in [-0.25, -0.2) is 4.39 Å². The van der Waals surface area contributed by atoms with E-state index in [9.17, 15) is 19.1 Å². The summed E-state index contributed by atoms with van der Waals surface area (Å²) in [4.78, 5) is 29.4. The average Bonchev–Trinajstić information content (AvgIpc) is 3.22. The van der Waals surface area contributed by atoms with E-state index in [0.717, 1.165) is 19.2 Å². The number of carbonyl (C=O) groups excluding carboxylic acids is 2. The number of hydrogen-bond acceptors (Lipinski definition) is 6. The molecule has 3 aromatic carbocycles. The monoisotopic (exact) mass is 533 g/mol. The Morgan fingerprint density at radius 1 is 1.03 bits per heavy atom. The molecule has 2 N–H and O–H groups in total. The van der Waals surface area contributed by atoms with Gasteiger partial charge in [0.1, 0.15) is 30.3 Å². The van der Waals surface area contributed by atoms with E-state index in [2.05, 4.69) is 0 Å². The molecule has 0 spiro atoms. The summed E-state index contributed by atoms with van der Waals surface area (Å²) in [6, 6.07) is 19.4. The number of nitrogens with one attached hydrogen (secondary N) is 1. The number of halogens is 1. The summed E-state index contributed by atoms with van der Waals surface area (Å²) in [6.45, 7) is 3.80. The fourth-order valence-corrected chi connectivity index (χ4v) is 4.99. The Morgan fingerprint density at radius 3 is 2.49 bits per heavy atom. The van der Waals surface area contributed by atoms with Crippen LogP contribution < -0.4 is 14.4 Å². The van der Waals surface area contributed by atoms with E-state index in [1.54, 1.807) is 24.3 Å². The van der Waals surface area contributed by atoms with E-state index in [-0.39, 0.29) is 16.9 Å². The fourth-order valence-electron chi connectivity index (χ4n) is 4.99. The highest BCUT2D eigenvalue weighted by Gasteiger charge is 2.46. The number of methoxy groups -OCH3 is 1. The quantitative estimate of drug-likeness (QED) is 0.263. The minimum Gasteiger partial charge on any atom is -0.507 e. The first-order chi connectivity index (χ1) is 19.0. The first-order valence-electron chi connectivity index (χ1n) is 12.8. The van der Waals surface area contributed by atoms with Gasteiger partial charge in [-0.2, -0.15) is 0 Å². The van der Waals surface area contributed by atoms with E-state index in [0.29, 0.717) is 43.4 Å². The van der Waals surface area contributed by atoms with Crippen molar-refractivity contribution < 1.29 is 38.2 Å². The predicted octanol–water partition coefficient (Wildman–Crippen LogP) is 2.96. The molecular weight excluding hydrogens is 503 g/mol. The zero-order valence-electron chi connectivity index (χ0n) is 21.6. The Balaban J connectivity index is 1.55. The van der Waals surface area contributed by atoms with Crippen molar-refractivity contribution in [2.75, 3.05) is 46.5 Å². The van der Waals surface area contributed by atoms with Gasteiger partial charge in [-0.05, 0) is 48.0 Å². The molecule has 0 aromatic heterocycles. The van der Waals surface area contributed by atoms with E-state index < -0.39 is 29.3 Å². The highest BCUT2D eigenvalue weighted by atomic mass is 19.1. The third kappa shape index (κ3) is 5.64. The van der Waals surface area contributed by atoms with Crippen LogP contribution in [0.5, 0.6) is 17.2 Å². The Hall–Kier alpha value is -4.21. The number of benzene rings is 3. The number of aliphatic hydroxyl groups is 1. The van der Waals surface area contributed by atoms with Crippen molar-refractivity contribution in [1.82, 2.24) is 4.90 Å². The van der Waals surface area contributed by atoms with Crippen LogP contribution in [0.25, 0.3) is 5.76 Å². The Morgan fingerprint density at radius 2 is 1.77 bits per heavy atom. The highest BCUT2D eigenvalue weighted by Crippen LogP contribution is 2.40. The first kappa shape index (κ1) is 26.4.